The van der Waals surface area contributed by atoms with Gasteiger partial charge in [0.15, 0.2) is 0 Å². The summed E-state index contributed by atoms with van der Waals surface area (Å²) in [6, 6.07) is 7.24. The summed E-state index contributed by atoms with van der Waals surface area (Å²) >= 11 is 3.37. The Morgan fingerprint density at radius 1 is 1.42 bits per heavy atom. The van der Waals surface area contributed by atoms with Gasteiger partial charge in [-0.25, -0.2) is 4.79 Å². The Hall–Kier alpha value is -2.13. The number of aromatic amines is 1. The number of aromatic nitrogens is 2. The minimum absolute atomic E-state index is 0.0930. The van der Waals surface area contributed by atoms with Gasteiger partial charge >= 0.3 is 5.69 Å². The van der Waals surface area contributed by atoms with E-state index in [4.69, 9.17) is 5.26 Å². The first-order valence-electron chi connectivity index (χ1n) is 5.61. The SMILES string of the molecule is CCc1cc(Br)ccc1-n1cc(C#N)c(=O)[nH]c1=O. The van der Waals surface area contributed by atoms with E-state index in [0.29, 0.717) is 5.69 Å². The summed E-state index contributed by atoms with van der Waals surface area (Å²) in [6.07, 6.45) is 1.99. The molecular weight excluding hydrogens is 310 g/mol. The highest BCUT2D eigenvalue weighted by Crippen LogP contribution is 2.19. The summed E-state index contributed by atoms with van der Waals surface area (Å²) in [6.45, 7) is 1.97. The van der Waals surface area contributed by atoms with Gasteiger partial charge in [-0.15, -0.1) is 0 Å². The van der Waals surface area contributed by atoms with Crippen LogP contribution >= 0.6 is 15.9 Å². The zero-order chi connectivity index (χ0) is 14.0. The average molecular weight is 320 g/mol. The van der Waals surface area contributed by atoms with Crippen LogP contribution in [-0.4, -0.2) is 9.55 Å². The fraction of sp³-hybridized carbons (Fsp3) is 0.154. The van der Waals surface area contributed by atoms with E-state index in [1.165, 1.54) is 10.8 Å². The second-order valence-corrected chi connectivity index (χ2v) is 4.83. The Kier molecular flexibility index (Phi) is 3.67. The highest BCUT2D eigenvalue weighted by Gasteiger charge is 2.09. The van der Waals surface area contributed by atoms with Gasteiger partial charge in [-0.3, -0.25) is 14.3 Å². The van der Waals surface area contributed by atoms with Crippen molar-refractivity contribution < 1.29 is 0 Å². The molecule has 0 amide bonds. The van der Waals surface area contributed by atoms with Crippen molar-refractivity contribution in [2.24, 2.45) is 0 Å². The van der Waals surface area contributed by atoms with Gasteiger partial charge in [-0.1, -0.05) is 22.9 Å². The number of nitrogens with zero attached hydrogens (tertiary/aromatic N) is 2. The zero-order valence-corrected chi connectivity index (χ0v) is 11.7. The molecule has 6 heteroatoms. The van der Waals surface area contributed by atoms with Gasteiger partial charge in [-0.05, 0) is 30.2 Å². The first-order valence-corrected chi connectivity index (χ1v) is 6.41. The molecule has 0 aliphatic heterocycles. The van der Waals surface area contributed by atoms with Gasteiger partial charge in [0.1, 0.15) is 11.6 Å². The third-order valence-electron chi connectivity index (χ3n) is 2.74. The number of nitrogens with one attached hydrogen (secondary N) is 1. The van der Waals surface area contributed by atoms with Gasteiger partial charge in [0.05, 0.1) is 5.69 Å². The molecular formula is C13H10BrN3O2. The molecule has 19 heavy (non-hydrogen) atoms. The smallest absolute Gasteiger partial charge is 0.273 e. The molecule has 0 fully saturated rings. The van der Waals surface area contributed by atoms with Crippen molar-refractivity contribution >= 4 is 15.9 Å². The first kappa shape index (κ1) is 13.3. The number of aryl methyl sites for hydroxylation is 1. The number of rotatable bonds is 2. The van der Waals surface area contributed by atoms with Gasteiger partial charge in [0, 0.05) is 10.7 Å². The predicted octanol–water partition coefficient (Wildman–Crippen LogP) is 1.72. The largest absolute Gasteiger partial charge is 0.332 e. The van der Waals surface area contributed by atoms with Crippen molar-refractivity contribution in [1.82, 2.24) is 9.55 Å². The van der Waals surface area contributed by atoms with Crippen molar-refractivity contribution in [3.8, 4) is 11.8 Å². The van der Waals surface area contributed by atoms with Crippen LogP contribution in [0.25, 0.3) is 5.69 Å². The monoisotopic (exact) mass is 319 g/mol. The number of hydrogen-bond acceptors (Lipinski definition) is 3. The van der Waals surface area contributed by atoms with Gasteiger partial charge in [-0.2, -0.15) is 5.26 Å². The maximum absolute atomic E-state index is 11.8. The number of hydrogen-bond donors (Lipinski definition) is 1. The van der Waals surface area contributed by atoms with E-state index >= 15 is 0 Å². The van der Waals surface area contributed by atoms with Crippen LogP contribution in [0, 0.1) is 11.3 Å². The Morgan fingerprint density at radius 3 is 2.79 bits per heavy atom. The third-order valence-corrected chi connectivity index (χ3v) is 3.24. The summed E-state index contributed by atoms with van der Waals surface area (Å²) in [5.74, 6) is 0. The second-order valence-electron chi connectivity index (χ2n) is 3.91. The molecule has 0 radical (unpaired) electrons. The molecule has 0 aliphatic rings. The lowest BCUT2D eigenvalue weighted by Crippen LogP contribution is -2.30. The summed E-state index contributed by atoms with van der Waals surface area (Å²) < 4.78 is 2.19. The van der Waals surface area contributed by atoms with E-state index in [-0.39, 0.29) is 5.56 Å². The zero-order valence-electron chi connectivity index (χ0n) is 10.1. The number of nitriles is 1. The summed E-state index contributed by atoms with van der Waals surface area (Å²) in [5, 5.41) is 8.86. The van der Waals surface area contributed by atoms with E-state index in [1.807, 2.05) is 13.0 Å². The minimum Gasteiger partial charge on any atom is -0.273 e. The Labute approximate surface area is 117 Å². The lowest BCUT2D eigenvalue weighted by molar-refractivity contribution is 0.874. The highest BCUT2D eigenvalue weighted by molar-refractivity contribution is 9.10. The maximum Gasteiger partial charge on any atom is 0.332 e. The van der Waals surface area contributed by atoms with E-state index in [0.717, 1.165) is 16.5 Å². The number of halogens is 1. The highest BCUT2D eigenvalue weighted by atomic mass is 79.9. The second kappa shape index (κ2) is 5.24. The fourth-order valence-corrected chi connectivity index (χ4v) is 2.21. The van der Waals surface area contributed by atoms with Gasteiger partial charge < -0.3 is 0 Å². The van der Waals surface area contributed by atoms with E-state index in [1.54, 1.807) is 18.2 Å². The van der Waals surface area contributed by atoms with Crippen LogP contribution < -0.4 is 11.2 Å². The molecule has 1 N–H and O–H groups in total. The molecule has 5 nitrogen and oxygen atoms in total. The molecule has 0 aliphatic carbocycles. The molecule has 1 aromatic carbocycles. The lowest BCUT2D eigenvalue weighted by atomic mass is 10.1. The summed E-state index contributed by atoms with van der Waals surface area (Å²) in [4.78, 5) is 25.4. The molecule has 0 saturated heterocycles. The molecule has 1 heterocycles. The predicted molar refractivity (Wildman–Crippen MR) is 74.5 cm³/mol. The third kappa shape index (κ3) is 2.51. The van der Waals surface area contributed by atoms with Gasteiger partial charge in [0.2, 0.25) is 0 Å². The number of H-pyrrole nitrogens is 1. The van der Waals surface area contributed by atoms with Gasteiger partial charge in [0.25, 0.3) is 5.56 Å². The van der Waals surface area contributed by atoms with E-state index in [2.05, 4.69) is 20.9 Å². The Bertz CT molecular complexity index is 784. The average Bonchev–Trinajstić information content (AvgIpc) is 2.39. The van der Waals surface area contributed by atoms with Crippen molar-refractivity contribution in [2.45, 2.75) is 13.3 Å². The molecule has 2 rings (SSSR count). The van der Waals surface area contributed by atoms with Crippen LogP contribution in [0.2, 0.25) is 0 Å². The molecule has 0 saturated carbocycles. The van der Waals surface area contributed by atoms with E-state index in [9.17, 15) is 9.59 Å². The van der Waals surface area contributed by atoms with Crippen LogP contribution in [0.3, 0.4) is 0 Å². The fourth-order valence-electron chi connectivity index (χ4n) is 1.80. The quantitative estimate of drug-likeness (QED) is 0.915. The van der Waals surface area contributed by atoms with E-state index < -0.39 is 11.2 Å². The summed E-state index contributed by atoms with van der Waals surface area (Å²) in [7, 11) is 0. The Balaban J connectivity index is 2.76. The maximum atomic E-state index is 11.8. The molecule has 2 aromatic rings. The van der Waals surface area contributed by atoms with Crippen LogP contribution in [0.5, 0.6) is 0 Å². The Morgan fingerprint density at radius 2 is 2.16 bits per heavy atom. The molecule has 0 spiro atoms. The van der Waals surface area contributed by atoms with Crippen molar-refractivity contribution in [1.29, 1.82) is 5.26 Å². The summed E-state index contributed by atoms with van der Waals surface area (Å²) in [5.41, 5.74) is 0.278. The van der Waals surface area contributed by atoms with Crippen molar-refractivity contribution in [3.05, 3.63) is 60.8 Å². The lowest BCUT2D eigenvalue weighted by Gasteiger charge is -2.10. The van der Waals surface area contributed by atoms with Crippen LogP contribution in [0.15, 0.2) is 38.5 Å². The van der Waals surface area contributed by atoms with Crippen molar-refractivity contribution in [3.63, 3.8) is 0 Å². The number of benzene rings is 1. The molecule has 0 atom stereocenters. The van der Waals surface area contributed by atoms with Crippen LogP contribution in [0.1, 0.15) is 18.1 Å². The normalized spacial score (nSPS) is 10.2. The molecule has 0 unspecified atom stereocenters. The van der Waals surface area contributed by atoms with Crippen molar-refractivity contribution in [2.75, 3.05) is 0 Å². The van der Waals surface area contributed by atoms with Crippen LogP contribution in [-0.2, 0) is 6.42 Å². The van der Waals surface area contributed by atoms with Crippen LogP contribution in [0.4, 0.5) is 0 Å². The molecule has 96 valence electrons. The minimum atomic E-state index is -0.668. The topological polar surface area (TPSA) is 78.7 Å². The molecule has 0 bridgehead atoms. The molecule has 1 aromatic heterocycles. The standard InChI is InChI=1S/C13H10BrN3O2/c1-2-8-5-10(14)3-4-11(8)17-7-9(6-15)12(18)16-13(17)19/h3-5,7H,2H2,1H3,(H,16,18,19). The first-order chi connectivity index (χ1) is 9.06.